The Morgan fingerprint density at radius 2 is 1.58 bits per heavy atom. The van der Waals surface area contributed by atoms with Crippen LogP contribution < -0.4 is 0 Å². The molecule has 136 valence electrons. The van der Waals surface area contributed by atoms with Crippen LogP contribution >= 0.6 is 0 Å². The average molecular weight is 330 g/mol. The summed E-state index contributed by atoms with van der Waals surface area (Å²) in [6.45, 7) is 8.51. The van der Waals surface area contributed by atoms with Crippen molar-refractivity contribution in [2.24, 2.45) is 0 Å². The van der Waals surface area contributed by atoms with Crippen LogP contribution in [0.4, 0.5) is 0 Å². The Morgan fingerprint density at radius 1 is 0.875 bits per heavy atom. The second-order valence-corrected chi connectivity index (χ2v) is 7.70. The zero-order valence-corrected chi connectivity index (χ0v) is 16.2. The van der Waals surface area contributed by atoms with Crippen molar-refractivity contribution >= 4 is 0 Å². The van der Waals surface area contributed by atoms with Gasteiger partial charge in [0, 0.05) is 6.54 Å². The number of rotatable bonds is 11. The lowest BCUT2D eigenvalue weighted by Crippen LogP contribution is -2.31. The molecule has 24 heavy (non-hydrogen) atoms. The van der Waals surface area contributed by atoms with E-state index in [2.05, 4.69) is 43.0 Å². The fraction of sp³-hybridized carbons (Fsp3) is 0.739. The third kappa shape index (κ3) is 6.97. The van der Waals surface area contributed by atoms with Gasteiger partial charge in [0.15, 0.2) is 0 Å². The Balaban J connectivity index is 1.74. The molecule has 0 radical (unpaired) electrons. The molecular weight excluding hydrogens is 290 g/mol. The standard InChI is InChI=1S/C23H39N/c1-3-5-6-7-9-12-22(4-2)23-15-13-21(14-16-23)17-20-24-18-10-8-11-19-24/h13-16,22H,3-12,17-20H2,1-2H3. The van der Waals surface area contributed by atoms with Crippen LogP contribution in [0.5, 0.6) is 0 Å². The first-order chi connectivity index (χ1) is 11.8. The molecule has 2 rings (SSSR count). The van der Waals surface area contributed by atoms with Crippen molar-refractivity contribution in [3.05, 3.63) is 35.4 Å². The molecule has 1 nitrogen and oxygen atoms in total. The third-order valence-electron chi connectivity index (χ3n) is 5.77. The Morgan fingerprint density at radius 3 is 2.25 bits per heavy atom. The van der Waals surface area contributed by atoms with Crippen LogP contribution in [0.15, 0.2) is 24.3 Å². The van der Waals surface area contributed by atoms with Gasteiger partial charge in [0.05, 0.1) is 0 Å². The van der Waals surface area contributed by atoms with Crippen LogP contribution in [0, 0.1) is 0 Å². The molecule has 1 fully saturated rings. The Hall–Kier alpha value is -0.820. The van der Waals surface area contributed by atoms with Gasteiger partial charge < -0.3 is 4.90 Å². The monoisotopic (exact) mass is 329 g/mol. The van der Waals surface area contributed by atoms with E-state index in [-0.39, 0.29) is 0 Å². The summed E-state index contributed by atoms with van der Waals surface area (Å²) in [6, 6.07) is 9.59. The van der Waals surface area contributed by atoms with Crippen LogP contribution in [-0.4, -0.2) is 24.5 Å². The molecule has 1 aromatic carbocycles. The molecular formula is C23H39N. The molecule has 0 saturated carbocycles. The molecule has 1 aliphatic rings. The second kappa shape index (κ2) is 11.7. The predicted octanol–water partition coefficient (Wildman–Crippen LogP) is 6.57. The van der Waals surface area contributed by atoms with Crippen molar-refractivity contribution in [1.29, 1.82) is 0 Å². The highest BCUT2D eigenvalue weighted by atomic mass is 15.1. The molecule has 1 heterocycles. The molecule has 1 heteroatoms. The van der Waals surface area contributed by atoms with Gasteiger partial charge in [0.1, 0.15) is 0 Å². The topological polar surface area (TPSA) is 3.24 Å². The normalized spacial score (nSPS) is 17.1. The van der Waals surface area contributed by atoms with E-state index in [0.717, 1.165) is 5.92 Å². The van der Waals surface area contributed by atoms with Crippen molar-refractivity contribution < 1.29 is 0 Å². The minimum Gasteiger partial charge on any atom is -0.303 e. The molecule has 1 atom stereocenters. The summed E-state index contributed by atoms with van der Waals surface area (Å²) in [6.07, 6.45) is 15.1. The largest absolute Gasteiger partial charge is 0.303 e. The third-order valence-corrected chi connectivity index (χ3v) is 5.77. The average Bonchev–Trinajstić information content (AvgIpc) is 2.64. The van der Waals surface area contributed by atoms with Gasteiger partial charge in [-0.25, -0.2) is 0 Å². The molecule has 0 amide bonds. The first-order valence-corrected chi connectivity index (χ1v) is 10.6. The summed E-state index contributed by atoms with van der Waals surface area (Å²) in [5.41, 5.74) is 3.08. The number of hydrogen-bond acceptors (Lipinski definition) is 1. The highest BCUT2D eigenvalue weighted by Gasteiger charge is 2.11. The van der Waals surface area contributed by atoms with E-state index in [1.807, 2.05) is 0 Å². The zero-order valence-electron chi connectivity index (χ0n) is 16.2. The van der Waals surface area contributed by atoms with Crippen molar-refractivity contribution in [2.45, 2.75) is 90.4 Å². The van der Waals surface area contributed by atoms with E-state index in [0.29, 0.717) is 0 Å². The number of piperidine rings is 1. The molecule has 1 aromatic rings. The summed E-state index contributed by atoms with van der Waals surface area (Å²) in [7, 11) is 0. The molecule has 0 N–H and O–H groups in total. The van der Waals surface area contributed by atoms with E-state index in [9.17, 15) is 0 Å². The summed E-state index contributed by atoms with van der Waals surface area (Å²) >= 11 is 0. The highest BCUT2D eigenvalue weighted by molar-refractivity contribution is 5.25. The van der Waals surface area contributed by atoms with Crippen molar-refractivity contribution in [3.63, 3.8) is 0 Å². The summed E-state index contributed by atoms with van der Waals surface area (Å²) in [4.78, 5) is 2.64. The van der Waals surface area contributed by atoms with E-state index in [4.69, 9.17) is 0 Å². The van der Waals surface area contributed by atoms with Crippen molar-refractivity contribution in [1.82, 2.24) is 4.90 Å². The minimum absolute atomic E-state index is 0.766. The smallest absolute Gasteiger partial charge is 0.00218 e. The number of nitrogens with zero attached hydrogens (tertiary/aromatic N) is 1. The van der Waals surface area contributed by atoms with Crippen molar-refractivity contribution in [2.75, 3.05) is 19.6 Å². The van der Waals surface area contributed by atoms with Crippen LogP contribution in [0.25, 0.3) is 0 Å². The van der Waals surface area contributed by atoms with Crippen LogP contribution in [0.2, 0.25) is 0 Å². The van der Waals surface area contributed by atoms with E-state index < -0.39 is 0 Å². The quantitative estimate of drug-likeness (QED) is 0.415. The van der Waals surface area contributed by atoms with Gasteiger partial charge in [-0.1, -0.05) is 76.6 Å². The molecule has 1 unspecified atom stereocenters. The Labute approximate surface area is 150 Å². The number of likely N-dealkylation sites (tertiary alicyclic amines) is 1. The number of hydrogen-bond donors (Lipinski definition) is 0. The number of unbranched alkanes of at least 4 members (excludes halogenated alkanes) is 4. The Bertz CT molecular complexity index is 416. The SMILES string of the molecule is CCCCCCCC(CC)c1ccc(CCN2CCCCC2)cc1. The number of benzene rings is 1. The van der Waals surface area contributed by atoms with Gasteiger partial charge >= 0.3 is 0 Å². The lowest BCUT2D eigenvalue weighted by atomic mass is 9.90. The van der Waals surface area contributed by atoms with Gasteiger partial charge in [-0.2, -0.15) is 0 Å². The molecule has 1 aliphatic heterocycles. The highest BCUT2D eigenvalue weighted by Crippen LogP contribution is 2.26. The van der Waals surface area contributed by atoms with Gasteiger partial charge in [-0.3, -0.25) is 0 Å². The summed E-state index contributed by atoms with van der Waals surface area (Å²) in [5.74, 6) is 0.766. The van der Waals surface area contributed by atoms with Crippen LogP contribution in [0.3, 0.4) is 0 Å². The van der Waals surface area contributed by atoms with Gasteiger partial charge in [-0.15, -0.1) is 0 Å². The van der Waals surface area contributed by atoms with Gasteiger partial charge in [0.2, 0.25) is 0 Å². The fourth-order valence-electron chi connectivity index (χ4n) is 4.03. The second-order valence-electron chi connectivity index (χ2n) is 7.70. The summed E-state index contributed by atoms with van der Waals surface area (Å²) < 4.78 is 0. The van der Waals surface area contributed by atoms with Crippen molar-refractivity contribution in [3.8, 4) is 0 Å². The van der Waals surface area contributed by atoms with Gasteiger partial charge in [0.25, 0.3) is 0 Å². The maximum atomic E-state index is 2.64. The molecule has 0 aliphatic carbocycles. The molecule has 0 aromatic heterocycles. The maximum absolute atomic E-state index is 2.64. The summed E-state index contributed by atoms with van der Waals surface area (Å²) in [5, 5.41) is 0. The molecule has 1 saturated heterocycles. The Kier molecular flexibility index (Phi) is 9.50. The molecule has 0 spiro atoms. The predicted molar refractivity (Wildman–Crippen MR) is 107 cm³/mol. The lowest BCUT2D eigenvalue weighted by molar-refractivity contribution is 0.231. The first-order valence-electron chi connectivity index (χ1n) is 10.6. The van der Waals surface area contributed by atoms with Crippen LogP contribution in [0.1, 0.15) is 95.1 Å². The lowest BCUT2D eigenvalue weighted by Gasteiger charge is -2.26. The van der Waals surface area contributed by atoms with Gasteiger partial charge in [-0.05, 0) is 62.2 Å². The first kappa shape index (κ1) is 19.5. The van der Waals surface area contributed by atoms with Crippen LogP contribution in [-0.2, 0) is 6.42 Å². The zero-order chi connectivity index (χ0) is 17.0. The maximum Gasteiger partial charge on any atom is 0.00218 e. The fourth-order valence-corrected chi connectivity index (χ4v) is 4.03. The minimum atomic E-state index is 0.766. The van der Waals surface area contributed by atoms with E-state index in [1.165, 1.54) is 95.8 Å². The molecule has 0 bridgehead atoms. The van der Waals surface area contributed by atoms with E-state index in [1.54, 1.807) is 5.56 Å². The van der Waals surface area contributed by atoms with E-state index >= 15 is 0 Å².